The Balaban J connectivity index is 0.000000437. The third-order valence-electron chi connectivity index (χ3n) is 1.88. The van der Waals surface area contributed by atoms with Gasteiger partial charge in [-0.05, 0) is 37.4 Å². The molecule has 0 atom stereocenters. The normalized spacial score (nSPS) is 9.06. The van der Waals surface area contributed by atoms with Gasteiger partial charge in [-0.3, -0.25) is 0 Å². The maximum atomic E-state index is 10.3. The molecule has 0 heterocycles. The predicted molar refractivity (Wildman–Crippen MR) is 64.6 cm³/mol. The Morgan fingerprint density at radius 3 is 1.35 bits per heavy atom. The number of aromatic carboxylic acids is 2. The maximum absolute atomic E-state index is 10.3. The van der Waals surface area contributed by atoms with E-state index in [1.54, 1.807) is 0 Å². The Hall–Kier alpha value is -1.88. The summed E-state index contributed by atoms with van der Waals surface area (Å²) in [5.41, 5.74) is 0.167. The highest BCUT2D eigenvalue weighted by Gasteiger charge is 2.04. The monoisotopic (exact) mass is 239 g/mol. The fourth-order valence-electron chi connectivity index (χ4n) is 1.01. The van der Waals surface area contributed by atoms with Gasteiger partial charge in [-0.1, -0.05) is 13.8 Å². The molecule has 3 N–H and O–H groups in total. The fraction of sp³-hybridized carbons (Fsp3) is 0.333. The lowest BCUT2D eigenvalue weighted by Crippen LogP contribution is -2.09. The molecule has 0 unspecified atom stereocenters. The number of carbonyl (C=O) groups is 2. The minimum absolute atomic E-state index is 0.0833. The molecule has 0 radical (unpaired) electrons. The minimum atomic E-state index is -1.06. The van der Waals surface area contributed by atoms with E-state index in [1.807, 2.05) is 0 Å². The summed E-state index contributed by atoms with van der Waals surface area (Å²) in [7, 11) is 0. The highest BCUT2D eigenvalue weighted by Crippen LogP contribution is 2.03. The number of hydrogen-bond acceptors (Lipinski definition) is 3. The van der Waals surface area contributed by atoms with Crippen LogP contribution in [0.15, 0.2) is 24.3 Å². The number of rotatable bonds is 4. The molecule has 0 fully saturated rings. The van der Waals surface area contributed by atoms with Crippen molar-refractivity contribution in [1.82, 2.24) is 5.32 Å². The number of carboxylic acids is 2. The summed E-state index contributed by atoms with van der Waals surface area (Å²) in [6.07, 6.45) is 0. The van der Waals surface area contributed by atoms with Crippen LogP contribution in [0.25, 0.3) is 0 Å². The van der Waals surface area contributed by atoms with Gasteiger partial charge in [0.05, 0.1) is 11.1 Å². The maximum Gasteiger partial charge on any atom is 0.335 e. The third kappa shape index (κ3) is 6.32. The van der Waals surface area contributed by atoms with Crippen molar-refractivity contribution in [2.45, 2.75) is 13.8 Å². The lowest BCUT2D eigenvalue weighted by Gasteiger charge is -1.94. The van der Waals surface area contributed by atoms with Crippen LogP contribution in [0.5, 0.6) is 0 Å². The van der Waals surface area contributed by atoms with Crippen molar-refractivity contribution in [2.24, 2.45) is 0 Å². The Morgan fingerprint density at radius 1 is 0.941 bits per heavy atom. The second kappa shape index (κ2) is 8.29. The Labute approximate surface area is 100 Å². The SMILES string of the molecule is CCNCC.O=C(O)c1ccc(C(=O)O)cc1. The van der Waals surface area contributed by atoms with Crippen LogP contribution in [-0.4, -0.2) is 35.2 Å². The van der Waals surface area contributed by atoms with Gasteiger partial charge in [0.2, 0.25) is 0 Å². The molecular weight excluding hydrogens is 222 g/mol. The van der Waals surface area contributed by atoms with Crippen LogP contribution in [0, 0.1) is 0 Å². The quantitative estimate of drug-likeness (QED) is 0.744. The van der Waals surface area contributed by atoms with Gasteiger partial charge in [0, 0.05) is 0 Å². The molecular formula is C12H17NO4. The highest BCUT2D eigenvalue weighted by atomic mass is 16.4. The minimum Gasteiger partial charge on any atom is -0.478 e. The molecule has 1 aromatic carbocycles. The molecule has 1 rings (SSSR count). The zero-order valence-corrected chi connectivity index (χ0v) is 9.93. The van der Waals surface area contributed by atoms with E-state index in [0.29, 0.717) is 0 Å². The summed E-state index contributed by atoms with van der Waals surface area (Å²) < 4.78 is 0. The number of hydrogen-bond donors (Lipinski definition) is 3. The first kappa shape index (κ1) is 15.1. The molecule has 0 aliphatic rings. The van der Waals surface area contributed by atoms with E-state index >= 15 is 0 Å². The van der Waals surface area contributed by atoms with Gasteiger partial charge in [0.1, 0.15) is 0 Å². The van der Waals surface area contributed by atoms with E-state index in [2.05, 4.69) is 19.2 Å². The van der Waals surface area contributed by atoms with Gasteiger partial charge < -0.3 is 15.5 Å². The smallest absolute Gasteiger partial charge is 0.335 e. The molecule has 17 heavy (non-hydrogen) atoms. The third-order valence-corrected chi connectivity index (χ3v) is 1.88. The fourth-order valence-corrected chi connectivity index (χ4v) is 1.01. The molecule has 0 amide bonds. The molecule has 1 aromatic rings. The molecule has 5 heteroatoms. The topological polar surface area (TPSA) is 86.6 Å². The summed E-state index contributed by atoms with van der Waals surface area (Å²) in [6, 6.07) is 5.02. The summed E-state index contributed by atoms with van der Waals surface area (Å²) in [5.74, 6) is -2.13. The van der Waals surface area contributed by atoms with Crippen LogP contribution < -0.4 is 5.32 Å². The summed E-state index contributed by atoms with van der Waals surface area (Å²) in [6.45, 7) is 6.39. The van der Waals surface area contributed by atoms with Crippen LogP contribution in [0.3, 0.4) is 0 Å². The zero-order valence-electron chi connectivity index (χ0n) is 9.93. The van der Waals surface area contributed by atoms with Gasteiger partial charge in [0.15, 0.2) is 0 Å². The molecule has 0 bridgehead atoms. The van der Waals surface area contributed by atoms with E-state index in [-0.39, 0.29) is 11.1 Å². The van der Waals surface area contributed by atoms with Crippen molar-refractivity contribution in [1.29, 1.82) is 0 Å². The van der Waals surface area contributed by atoms with Gasteiger partial charge in [-0.2, -0.15) is 0 Å². The van der Waals surface area contributed by atoms with E-state index in [4.69, 9.17) is 10.2 Å². The van der Waals surface area contributed by atoms with Gasteiger partial charge >= 0.3 is 11.9 Å². The van der Waals surface area contributed by atoms with E-state index in [1.165, 1.54) is 24.3 Å². The lowest BCUT2D eigenvalue weighted by molar-refractivity contribution is 0.0681. The molecule has 5 nitrogen and oxygen atoms in total. The molecule has 94 valence electrons. The summed E-state index contributed by atoms with van der Waals surface area (Å²) in [5, 5.41) is 20.0. The predicted octanol–water partition coefficient (Wildman–Crippen LogP) is 1.70. The van der Waals surface area contributed by atoms with Gasteiger partial charge in [-0.25, -0.2) is 9.59 Å². The van der Waals surface area contributed by atoms with Crippen molar-refractivity contribution in [3.63, 3.8) is 0 Å². The van der Waals surface area contributed by atoms with Gasteiger partial charge in [-0.15, -0.1) is 0 Å². The molecule has 0 spiro atoms. The van der Waals surface area contributed by atoms with E-state index in [0.717, 1.165) is 13.1 Å². The number of carboxylic acid groups (broad SMARTS) is 2. The Kier molecular flexibility index (Phi) is 7.38. The molecule has 0 aliphatic carbocycles. The summed E-state index contributed by atoms with van der Waals surface area (Å²) >= 11 is 0. The summed E-state index contributed by atoms with van der Waals surface area (Å²) in [4.78, 5) is 20.7. The first-order valence-corrected chi connectivity index (χ1v) is 5.30. The number of benzene rings is 1. The van der Waals surface area contributed by atoms with Crippen LogP contribution >= 0.6 is 0 Å². The first-order valence-electron chi connectivity index (χ1n) is 5.30. The average molecular weight is 239 g/mol. The lowest BCUT2D eigenvalue weighted by atomic mass is 10.1. The zero-order chi connectivity index (χ0) is 13.3. The van der Waals surface area contributed by atoms with Crippen molar-refractivity contribution >= 4 is 11.9 Å². The Morgan fingerprint density at radius 2 is 1.24 bits per heavy atom. The first-order chi connectivity index (χ1) is 8.02. The van der Waals surface area contributed by atoms with Gasteiger partial charge in [0.25, 0.3) is 0 Å². The van der Waals surface area contributed by atoms with Crippen molar-refractivity contribution in [2.75, 3.05) is 13.1 Å². The largest absolute Gasteiger partial charge is 0.478 e. The Bertz CT molecular complexity index is 324. The van der Waals surface area contributed by atoms with Crippen LogP contribution in [-0.2, 0) is 0 Å². The standard InChI is InChI=1S/C8H6O4.C4H11N/c9-7(10)5-1-2-6(4-3-5)8(11)12;1-3-5-4-2/h1-4H,(H,9,10)(H,11,12);5H,3-4H2,1-2H3. The molecule has 0 saturated carbocycles. The number of nitrogens with one attached hydrogen (secondary N) is 1. The molecule has 0 aromatic heterocycles. The van der Waals surface area contributed by atoms with Crippen LogP contribution in [0.4, 0.5) is 0 Å². The van der Waals surface area contributed by atoms with Crippen molar-refractivity contribution in [3.8, 4) is 0 Å². The van der Waals surface area contributed by atoms with E-state index < -0.39 is 11.9 Å². The highest BCUT2D eigenvalue weighted by molar-refractivity contribution is 5.91. The van der Waals surface area contributed by atoms with Crippen molar-refractivity contribution < 1.29 is 19.8 Å². The van der Waals surface area contributed by atoms with Crippen LogP contribution in [0.1, 0.15) is 34.6 Å². The van der Waals surface area contributed by atoms with E-state index in [9.17, 15) is 9.59 Å². The second-order valence-corrected chi connectivity index (χ2v) is 3.14. The molecule has 0 saturated heterocycles. The van der Waals surface area contributed by atoms with Crippen molar-refractivity contribution in [3.05, 3.63) is 35.4 Å². The average Bonchev–Trinajstić information content (AvgIpc) is 2.31. The second-order valence-electron chi connectivity index (χ2n) is 3.14. The molecule has 0 aliphatic heterocycles. The van der Waals surface area contributed by atoms with Crippen LogP contribution in [0.2, 0.25) is 0 Å².